The van der Waals surface area contributed by atoms with Gasteiger partial charge in [0.1, 0.15) is 6.04 Å². The van der Waals surface area contributed by atoms with Crippen LogP contribution in [0.1, 0.15) is 62.4 Å². The van der Waals surface area contributed by atoms with Crippen LogP contribution in [0, 0.1) is 11.3 Å². The van der Waals surface area contributed by atoms with Crippen molar-refractivity contribution in [2.45, 2.75) is 57.9 Å². The SMILES string of the molecule is CC(C)(C)c1ccc(C(=O)N[C@@H](CCCCC#N)C(N)=O)cc1. The van der Waals surface area contributed by atoms with E-state index < -0.39 is 11.9 Å². The summed E-state index contributed by atoms with van der Waals surface area (Å²) in [6.45, 7) is 6.31. The maximum Gasteiger partial charge on any atom is 0.251 e. The molecule has 0 saturated carbocycles. The molecule has 0 spiro atoms. The van der Waals surface area contributed by atoms with Gasteiger partial charge in [-0.25, -0.2) is 0 Å². The molecule has 0 bridgehead atoms. The average Bonchev–Trinajstić information content (AvgIpc) is 2.49. The van der Waals surface area contributed by atoms with Gasteiger partial charge in [0.2, 0.25) is 5.91 Å². The Labute approximate surface area is 137 Å². The fourth-order valence-electron chi connectivity index (χ4n) is 2.20. The van der Waals surface area contributed by atoms with Crippen molar-refractivity contribution in [2.75, 3.05) is 0 Å². The Hall–Kier alpha value is -2.35. The van der Waals surface area contributed by atoms with Gasteiger partial charge in [0.15, 0.2) is 0 Å². The molecule has 0 aliphatic carbocycles. The normalized spacial score (nSPS) is 12.3. The van der Waals surface area contributed by atoms with Crippen molar-refractivity contribution in [2.24, 2.45) is 5.73 Å². The van der Waals surface area contributed by atoms with Gasteiger partial charge >= 0.3 is 0 Å². The summed E-state index contributed by atoms with van der Waals surface area (Å²) in [5, 5.41) is 11.2. The van der Waals surface area contributed by atoms with Gasteiger partial charge in [0, 0.05) is 12.0 Å². The fraction of sp³-hybridized carbons (Fsp3) is 0.500. The number of nitrogens with zero attached hydrogens (tertiary/aromatic N) is 1. The highest BCUT2D eigenvalue weighted by molar-refractivity contribution is 5.97. The number of nitriles is 1. The van der Waals surface area contributed by atoms with Gasteiger partial charge in [-0.2, -0.15) is 5.26 Å². The summed E-state index contributed by atoms with van der Waals surface area (Å²) in [5.74, 6) is -0.865. The van der Waals surface area contributed by atoms with E-state index in [0.29, 0.717) is 31.2 Å². The molecule has 0 aliphatic rings. The third-order valence-corrected chi connectivity index (χ3v) is 3.69. The van der Waals surface area contributed by atoms with Gasteiger partial charge < -0.3 is 11.1 Å². The summed E-state index contributed by atoms with van der Waals surface area (Å²) in [4.78, 5) is 23.7. The lowest BCUT2D eigenvalue weighted by Crippen LogP contribution is -2.44. The molecule has 2 amide bonds. The van der Waals surface area contributed by atoms with E-state index >= 15 is 0 Å². The molecule has 1 aromatic rings. The molecule has 5 nitrogen and oxygen atoms in total. The van der Waals surface area contributed by atoms with Gasteiger partial charge in [-0.3, -0.25) is 9.59 Å². The molecule has 0 saturated heterocycles. The van der Waals surface area contributed by atoms with Crippen molar-refractivity contribution < 1.29 is 9.59 Å². The lowest BCUT2D eigenvalue weighted by molar-refractivity contribution is -0.120. The molecule has 124 valence electrons. The van der Waals surface area contributed by atoms with Crippen LogP contribution in [-0.2, 0) is 10.2 Å². The number of amides is 2. The Morgan fingerprint density at radius 2 is 1.83 bits per heavy atom. The fourth-order valence-corrected chi connectivity index (χ4v) is 2.20. The van der Waals surface area contributed by atoms with E-state index in [0.717, 1.165) is 5.56 Å². The monoisotopic (exact) mass is 315 g/mol. The number of carbonyl (C=O) groups excluding carboxylic acids is 2. The third-order valence-electron chi connectivity index (χ3n) is 3.69. The molecule has 0 fully saturated rings. The largest absolute Gasteiger partial charge is 0.368 e. The van der Waals surface area contributed by atoms with E-state index in [1.54, 1.807) is 12.1 Å². The summed E-state index contributed by atoms with van der Waals surface area (Å²) in [7, 11) is 0. The zero-order valence-electron chi connectivity index (χ0n) is 14.1. The number of carbonyl (C=O) groups is 2. The van der Waals surface area contributed by atoms with Gasteiger partial charge in [0.25, 0.3) is 5.91 Å². The van der Waals surface area contributed by atoms with Gasteiger partial charge in [-0.05, 0) is 42.4 Å². The first-order valence-electron chi connectivity index (χ1n) is 7.83. The molecule has 0 aromatic heterocycles. The Morgan fingerprint density at radius 1 is 1.22 bits per heavy atom. The van der Waals surface area contributed by atoms with Gasteiger partial charge in [0.05, 0.1) is 6.07 Å². The molecule has 1 aromatic carbocycles. The van der Waals surface area contributed by atoms with E-state index in [4.69, 9.17) is 11.0 Å². The molecule has 3 N–H and O–H groups in total. The highest BCUT2D eigenvalue weighted by atomic mass is 16.2. The zero-order valence-corrected chi connectivity index (χ0v) is 14.1. The highest BCUT2D eigenvalue weighted by Gasteiger charge is 2.19. The number of nitrogens with two attached hydrogens (primary N) is 1. The molecule has 0 aliphatic heterocycles. The van der Waals surface area contributed by atoms with Crippen LogP contribution in [0.5, 0.6) is 0 Å². The van der Waals surface area contributed by atoms with Crippen LogP contribution in [0.4, 0.5) is 0 Å². The lowest BCUT2D eigenvalue weighted by atomic mass is 9.86. The van der Waals surface area contributed by atoms with Crippen molar-refractivity contribution in [3.8, 4) is 6.07 Å². The van der Waals surface area contributed by atoms with E-state index in [9.17, 15) is 9.59 Å². The van der Waals surface area contributed by atoms with Crippen molar-refractivity contribution in [3.63, 3.8) is 0 Å². The van der Waals surface area contributed by atoms with Crippen molar-refractivity contribution in [1.82, 2.24) is 5.32 Å². The lowest BCUT2D eigenvalue weighted by Gasteiger charge is -2.19. The van der Waals surface area contributed by atoms with E-state index in [1.165, 1.54) is 0 Å². The Kier molecular flexibility index (Phi) is 6.77. The second kappa shape index (κ2) is 8.33. The summed E-state index contributed by atoms with van der Waals surface area (Å²) in [6.07, 6.45) is 2.25. The third kappa shape index (κ3) is 6.11. The van der Waals surface area contributed by atoms with Crippen LogP contribution < -0.4 is 11.1 Å². The van der Waals surface area contributed by atoms with Crippen LogP contribution in [0.3, 0.4) is 0 Å². The second-order valence-corrected chi connectivity index (χ2v) is 6.66. The zero-order chi connectivity index (χ0) is 17.5. The summed E-state index contributed by atoms with van der Waals surface area (Å²) < 4.78 is 0. The second-order valence-electron chi connectivity index (χ2n) is 6.66. The van der Waals surface area contributed by atoms with Gasteiger partial charge in [-0.1, -0.05) is 32.9 Å². The minimum atomic E-state index is -0.705. The minimum absolute atomic E-state index is 0.0194. The maximum atomic E-state index is 12.2. The molecular formula is C18H25N3O2. The van der Waals surface area contributed by atoms with Crippen molar-refractivity contribution >= 4 is 11.8 Å². The average molecular weight is 315 g/mol. The summed E-state index contributed by atoms with van der Waals surface area (Å²) >= 11 is 0. The first kappa shape index (κ1) is 18.7. The van der Waals surface area contributed by atoms with Crippen LogP contribution in [0.15, 0.2) is 24.3 Å². The number of unbranched alkanes of at least 4 members (excludes halogenated alkanes) is 2. The van der Waals surface area contributed by atoms with Crippen LogP contribution >= 0.6 is 0 Å². The Bertz CT molecular complexity index is 580. The smallest absolute Gasteiger partial charge is 0.251 e. The molecule has 0 unspecified atom stereocenters. The Balaban J connectivity index is 2.68. The standard InChI is InChI=1S/C18H25N3O2/c1-18(2,3)14-10-8-13(9-11-14)17(23)21-15(16(20)22)7-5-4-6-12-19/h8-11,15H,4-7H2,1-3H3,(H2,20,22)(H,21,23)/t15-/m0/s1. The van der Waals surface area contributed by atoms with E-state index in [-0.39, 0.29) is 11.3 Å². The summed E-state index contributed by atoms with van der Waals surface area (Å²) in [5.41, 5.74) is 7.00. The number of hydrogen-bond acceptors (Lipinski definition) is 3. The Morgan fingerprint density at radius 3 is 2.30 bits per heavy atom. The summed E-state index contributed by atoms with van der Waals surface area (Å²) in [6, 6.07) is 8.69. The molecule has 0 radical (unpaired) electrons. The molecular weight excluding hydrogens is 290 g/mol. The van der Waals surface area contributed by atoms with Crippen LogP contribution in [0.25, 0.3) is 0 Å². The van der Waals surface area contributed by atoms with Crippen LogP contribution in [-0.4, -0.2) is 17.9 Å². The maximum absolute atomic E-state index is 12.2. The van der Waals surface area contributed by atoms with E-state index in [2.05, 4.69) is 32.2 Å². The number of benzene rings is 1. The predicted octanol–water partition coefficient (Wildman–Crippen LogP) is 2.65. The molecule has 0 heterocycles. The number of nitrogens with one attached hydrogen (secondary N) is 1. The molecule has 5 heteroatoms. The van der Waals surface area contributed by atoms with Crippen molar-refractivity contribution in [1.29, 1.82) is 5.26 Å². The molecule has 1 rings (SSSR count). The first-order chi connectivity index (χ1) is 10.8. The number of hydrogen-bond donors (Lipinski definition) is 2. The predicted molar refractivity (Wildman–Crippen MR) is 89.7 cm³/mol. The molecule has 1 atom stereocenters. The number of primary amides is 1. The molecule has 23 heavy (non-hydrogen) atoms. The van der Waals surface area contributed by atoms with Crippen LogP contribution in [0.2, 0.25) is 0 Å². The van der Waals surface area contributed by atoms with E-state index in [1.807, 2.05) is 12.1 Å². The highest BCUT2D eigenvalue weighted by Crippen LogP contribution is 2.22. The topological polar surface area (TPSA) is 96.0 Å². The van der Waals surface area contributed by atoms with Crippen molar-refractivity contribution in [3.05, 3.63) is 35.4 Å². The number of rotatable bonds is 7. The quantitative estimate of drug-likeness (QED) is 0.757. The van der Waals surface area contributed by atoms with Gasteiger partial charge in [-0.15, -0.1) is 0 Å². The first-order valence-corrected chi connectivity index (χ1v) is 7.83. The minimum Gasteiger partial charge on any atom is -0.368 e.